The van der Waals surface area contributed by atoms with Crippen LogP contribution in [0.15, 0.2) is 47.5 Å². The number of nitrogens with one attached hydrogen (secondary N) is 1. The SMILES string of the molecule is N/C(=N\C(=O)Oc1ccc(C[C@H](N)C(=O)O)cc1)NC(=O)Cc1c(Cl)cccc1Cl. The van der Waals surface area contributed by atoms with Crippen LogP contribution < -0.4 is 21.5 Å². The van der Waals surface area contributed by atoms with Crippen molar-refractivity contribution in [3.63, 3.8) is 0 Å². The minimum Gasteiger partial charge on any atom is -0.480 e. The van der Waals surface area contributed by atoms with E-state index in [1.807, 2.05) is 0 Å². The summed E-state index contributed by atoms with van der Waals surface area (Å²) in [5, 5.41) is 11.7. The zero-order chi connectivity index (χ0) is 22.3. The second-order valence-corrected chi connectivity index (χ2v) is 6.90. The van der Waals surface area contributed by atoms with E-state index in [1.165, 1.54) is 12.1 Å². The largest absolute Gasteiger partial charge is 0.480 e. The zero-order valence-corrected chi connectivity index (χ0v) is 17.0. The van der Waals surface area contributed by atoms with Crippen molar-refractivity contribution in [2.24, 2.45) is 16.5 Å². The van der Waals surface area contributed by atoms with Crippen LogP contribution in [0.1, 0.15) is 11.1 Å². The Labute approximate surface area is 181 Å². The van der Waals surface area contributed by atoms with Gasteiger partial charge in [-0.05, 0) is 41.8 Å². The maximum absolute atomic E-state index is 12.0. The van der Waals surface area contributed by atoms with E-state index in [-0.39, 0.29) is 18.6 Å². The summed E-state index contributed by atoms with van der Waals surface area (Å²) in [6, 6.07) is 9.81. The van der Waals surface area contributed by atoms with Gasteiger partial charge in [-0.1, -0.05) is 41.4 Å². The molecule has 2 aromatic rings. The fourth-order valence-electron chi connectivity index (χ4n) is 2.33. The molecule has 0 aromatic heterocycles. The Hall–Kier alpha value is -3.14. The first kappa shape index (κ1) is 23.1. The number of aliphatic carboxylic acids is 1. The summed E-state index contributed by atoms with van der Waals surface area (Å²) in [5.74, 6) is -2.00. The molecule has 0 bridgehead atoms. The number of carboxylic acids is 1. The Morgan fingerprint density at radius 2 is 1.70 bits per heavy atom. The number of nitrogens with zero attached hydrogens (tertiary/aromatic N) is 1. The van der Waals surface area contributed by atoms with Gasteiger partial charge in [0.05, 0.1) is 6.42 Å². The molecule has 0 aliphatic carbocycles. The topological polar surface area (TPSA) is 157 Å². The van der Waals surface area contributed by atoms with Gasteiger partial charge in [0, 0.05) is 10.0 Å². The summed E-state index contributed by atoms with van der Waals surface area (Å²) in [6.07, 6.45) is -1.10. The van der Waals surface area contributed by atoms with Crippen LogP contribution in [0.2, 0.25) is 10.0 Å². The number of carbonyl (C=O) groups excluding carboxylic acids is 2. The standard InChI is InChI=1S/C19H18Cl2N4O5/c20-13-2-1-3-14(21)12(13)9-16(26)24-18(23)25-19(29)30-11-6-4-10(5-7-11)8-15(22)17(27)28/h1-7,15H,8-9,22H2,(H,27,28)(H3,23,24,25,26,29)/t15-/m0/s1. The first-order valence-corrected chi connectivity index (χ1v) is 9.27. The number of halogens is 2. The number of hydrogen-bond acceptors (Lipinski definition) is 5. The van der Waals surface area contributed by atoms with Crippen LogP contribution in [0.25, 0.3) is 0 Å². The summed E-state index contributed by atoms with van der Waals surface area (Å²) in [5.41, 5.74) is 12.1. The maximum Gasteiger partial charge on any atom is 0.442 e. The molecule has 0 saturated heterocycles. The van der Waals surface area contributed by atoms with Crippen LogP contribution in [0, 0.1) is 0 Å². The summed E-state index contributed by atoms with van der Waals surface area (Å²) >= 11 is 12.0. The third kappa shape index (κ3) is 7.03. The van der Waals surface area contributed by atoms with Gasteiger partial charge in [-0.3, -0.25) is 14.9 Å². The van der Waals surface area contributed by atoms with E-state index in [4.69, 9.17) is 44.5 Å². The number of rotatable bonds is 6. The molecule has 0 spiro atoms. The van der Waals surface area contributed by atoms with Crippen LogP contribution in [-0.2, 0) is 22.4 Å². The predicted octanol–water partition coefficient (Wildman–Crippen LogP) is 2.12. The molecule has 0 fully saturated rings. The number of nitrogens with two attached hydrogens (primary N) is 2. The average molecular weight is 453 g/mol. The molecule has 0 unspecified atom stereocenters. The summed E-state index contributed by atoms with van der Waals surface area (Å²) < 4.78 is 4.98. The van der Waals surface area contributed by atoms with Crippen LogP contribution >= 0.6 is 23.2 Å². The number of carbonyl (C=O) groups is 3. The fraction of sp³-hybridized carbons (Fsp3) is 0.158. The molecule has 9 nitrogen and oxygen atoms in total. The fourth-order valence-corrected chi connectivity index (χ4v) is 2.86. The highest BCUT2D eigenvalue weighted by molar-refractivity contribution is 6.36. The highest BCUT2D eigenvalue weighted by Crippen LogP contribution is 2.24. The minimum absolute atomic E-state index is 0.121. The van der Waals surface area contributed by atoms with Gasteiger partial charge in [0.25, 0.3) is 0 Å². The minimum atomic E-state index is -1.12. The second-order valence-electron chi connectivity index (χ2n) is 6.08. The van der Waals surface area contributed by atoms with Gasteiger partial charge in [0.2, 0.25) is 11.9 Å². The predicted molar refractivity (Wildman–Crippen MR) is 112 cm³/mol. The van der Waals surface area contributed by atoms with E-state index >= 15 is 0 Å². The molecule has 11 heteroatoms. The van der Waals surface area contributed by atoms with Gasteiger partial charge in [-0.15, -0.1) is 4.99 Å². The van der Waals surface area contributed by atoms with E-state index in [9.17, 15) is 14.4 Å². The Bertz CT molecular complexity index is 959. The van der Waals surface area contributed by atoms with Crippen molar-refractivity contribution in [2.45, 2.75) is 18.9 Å². The number of guanidine groups is 1. The second kappa shape index (κ2) is 10.6. The highest BCUT2D eigenvalue weighted by atomic mass is 35.5. The first-order valence-electron chi connectivity index (χ1n) is 8.51. The average Bonchev–Trinajstić information content (AvgIpc) is 2.66. The van der Waals surface area contributed by atoms with Gasteiger partial charge in [0.1, 0.15) is 11.8 Å². The van der Waals surface area contributed by atoms with E-state index in [1.54, 1.807) is 30.3 Å². The Morgan fingerprint density at radius 1 is 1.10 bits per heavy atom. The summed E-state index contributed by atoms with van der Waals surface area (Å²) in [6.45, 7) is 0. The lowest BCUT2D eigenvalue weighted by Crippen LogP contribution is -2.38. The molecule has 30 heavy (non-hydrogen) atoms. The van der Waals surface area contributed by atoms with Crippen LogP contribution in [0.4, 0.5) is 4.79 Å². The lowest BCUT2D eigenvalue weighted by molar-refractivity contribution is -0.138. The Balaban J connectivity index is 1.91. The maximum atomic E-state index is 12.0. The van der Waals surface area contributed by atoms with Crippen molar-refractivity contribution >= 4 is 47.1 Å². The first-order chi connectivity index (χ1) is 14.2. The molecule has 0 aliphatic heterocycles. The molecule has 6 N–H and O–H groups in total. The summed E-state index contributed by atoms with van der Waals surface area (Å²) in [7, 11) is 0. The van der Waals surface area contributed by atoms with Crippen molar-refractivity contribution in [3.05, 3.63) is 63.6 Å². The van der Waals surface area contributed by atoms with Crippen molar-refractivity contribution in [1.82, 2.24) is 5.32 Å². The Kier molecular flexibility index (Phi) is 8.16. The lowest BCUT2D eigenvalue weighted by atomic mass is 10.1. The molecule has 0 heterocycles. The van der Waals surface area contributed by atoms with Crippen LogP contribution in [0.3, 0.4) is 0 Å². The van der Waals surface area contributed by atoms with Crippen molar-refractivity contribution in [1.29, 1.82) is 0 Å². The smallest absolute Gasteiger partial charge is 0.442 e. The van der Waals surface area contributed by atoms with E-state index < -0.39 is 30.0 Å². The van der Waals surface area contributed by atoms with Crippen molar-refractivity contribution < 1.29 is 24.2 Å². The van der Waals surface area contributed by atoms with E-state index in [0.29, 0.717) is 21.2 Å². The van der Waals surface area contributed by atoms with Gasteiger partial charge >= 0.3 is 12.1 Å². The monoisotopic (exact) mass is 452 g/mol. The molecular formula is C19H18Cl2N4O5. The molecule has 1 atom stereocenters. The van der Waals surface area contributed by atoms with E-state index in [0.717, 1.165) is 0 Å². The van der Waals surface area contributed by atoms with Gasteiger partial charge in [-0.25, -0.2) is 4.79 Å². The molecule has 0 aliphatic rings. The Morgan fingerprint density at radius 3 is 2.27 bits per heavy atom. The normalized spacial score (nSPS) is 12.2. The number of ether oxygens (including phenoxy) is 1. The van der Waals surface area contributed by atoms with Crippen LogP contribution in [0.5, 0.6) is 5.75 Å². The quantitative estimate of drug-likeness (QED) is 0.385. The van der Waals surface area contributed by atoms with E-state index in [2.05, 4.69) is 10.3 Å². The number of aliphatic imine (C=N–C) groups is 1. The molecule has 2 rings (SSSR count). The third-order valence-corrected chi connectivity index (χ3v) is 4.49. The summed E-state index contributed by atoms with van der Waals surface area (Å²) in [4.78, 5) is 38.1. The third-order valence-electron chi connectivity index (χ3n) is 3.78. The molecule has 2 aromatic carbocycles. The van der Waals surface area contributed by atoms with Gasteiger partial charge in [-0.2, -0.15) is 0 Å². The van der Waals surface area contributed by atoms with Gasteiger partial charge in [0.15, 0.2) is 0 Å². The lowest BCUT2D eigenvalue weighted by Gasteiger charge is -2.08. The number of amides is 2. The number of carboxylic acid groups (broad SMARTS) is 1. The van der Waals surface area contributed by atoms with Crippen molar-refractivity contribution in [2.75, 3.05) is 0 Å². The van der Waals surface area contributed by atoms with Crippen LogP contribution in [-0.4, -0.2) is 35.1 Å². The molecule has 0 radical (unpaired) electrons. The molecule has 0 saturated carbocycles. The highest BCUT2D eigenvalue weighted by Gasteiger charge is 2.14. The zero-order valence-electron chi connectivity index (χ0n) is 15.5. The van der Waals surface area contributed by atoms with Crippen molar-refractivity contribution in [3.8, 4) is 5.75 Å². The molecule has 2 amide bonds. The molecular weight excluding hydrogens is 435 g/mol. The molecule has 158 valence electrons. The van der Waals surface area contributed by atoms with Gasteiger partial charge < -0.3 is 21.3 Å². The number of benzene rings is 2. The number of hydrogen-bond donors (Lipinski definition) is 4.